The highest BCUT2D eigenvalue weighted by atomic mass is 32.2. The van der Waals surface area contributed by atoms with Crippen molar-refractivity contribution >= 4 is 23.4 Å². The average Bonchev–Trinajstić information content (AvgIpc) is 3.39. The van der Waals surface area contributed by atoms with Gasteiger partial charge in [0.25, 0.3) is 5.91 Å². The SMILES string of the molecule is CSc1ncc(C(=O)Nc2cccc(-n3cnnn3)c2)n1-c1ccc(F)cc1. The second-order valence-electron chi connectivity index (χ2n) is 5.70. The molecule has 0 saturated heterocycles. The molecule has 0 aliphatic rings. The predicted octanol–water partition coefficient (Wildman–Crippen LogP) is 2.96. The maximum absolute atomic E-state index is 13.3. The van der Waals surface area contributed by atoms with Gasteiger partial charge in [0.2, 0.25) is 0 Å². The van der Waals surface area contributed by atoms with E-state index < -0.39 is 0 Å². The molecule has 0 unspecified atom stereocenters. The lowest BCUT2D eigenvalue weighted by molar-refractivity contribution is 0.102. The van der Waals surface area contributed by atoms with Crippen LogP contribution in [0.3, 0.4) is 0 Å². The van der Waals surface area contributed by atoms with Gasteiger partial charge in [0.15, 0.2) is 5.16 Å². The van der Waals surface area contributed by atoms with Gasteiger partial charge in [-0.15, -0.1) is 5.10 Å². The van der Waals surface area contributed by atoms with Gasteiger partial charge in [-0.1, -0.05) is 17.8 Å². The monoisotopic (exact) mass is 395 g/mol. The van der Waals surface area contributed by atoms with E-state index in [1.807, 2.05) is 12.3 Å². The molecular weight excluding hydrogens is 381 g/mol. The summed E-state index contributed by atoms with van der Waals surface area (Å²) >= 11 is 1.39. The van der Waals surface area contributed by atoms with E-state index in [-0.39, 0.29) is 11.7 Å². The molecule has 28 heavy (non-hydrogen) atoms. The topological polar surface area (TPSA) is 90.5 Å². The second-order valence-corrected chi connectivity index (χ2v) is 6.47. The number of anilines is 1. The van der Waals surface area contributed by atoms with Crippen LogP contribution < -0.4 is 5.32 Å². The Bertz CT molecular complexity index is 1110. The Hall–Kier alpha value is -3.53. The first-order valence-corrected chi connectivity index (χ1v) is 9.40. The van der Waals surface area contributed by atoms with Gasteiger partial charge in [0, 0.05) is 11.4 Å². The van der Waals surface area contributed by atoms with E-state index >= 15 is 0 Å². The fourth-order valence-electron chi connectivity index (χ4n) is 2.68. The van der Waals surface area contributed by atoms with Crippen molar-refractivity contribution in [1.29, 1.82) is 0 Å². The normalized spacial score (nSPS) is 10.8. The quantitative estimate of drug-likeness (QED) is 0.523. The number of aromatic nitrogens is 6. The van der Waals surface area contributed by atoms with Gasteiger partial charge in [-0.3, -0.25) is 9.36 Å². The standard InChI is InChI=1S/C18H14FN7OS/c1-28-18-20-10-16(26(18)14-7-5-12(19)6-8-14)17(27)22-13-3-2-4-15(9-13)25-11-21-23-24-25/h2-11H,1H3,(H,22,27). The Kier molecular flexibility index (Phi) is 4.85. The highest BCUT2D eigenvalue weighted by molar-refractivity contribution is 7.98. The molecule has 4 aromatic rings. The third-order valence-corrected chi connectivity index (χ3v) is 4.60. The van der Waals surface area contributed by atoms with Crippen molar-refractivity contribution in [3.63, 3.8) is 0 Å². The van der Waals surface area contributed by atoms with Crippen LogP contribution in [0.25, 0.3) is 11.4 Å². The van der Waals surface area contributed by atoms with Crippen LogP contribution in [-0.2, 0) is 0 Å². The van der Waals surface area contributed by atoms with Crippen LogP contribution in [0.4, 0.5) is 10.1 Å². The minimum absolute atomic E-state index is 0.337. The number of hydrogen-bond acceptors (Lipinski definition) is 6. The lowest BCUT2D eigenvalue weighted by Crippen LogP contribution is -2.17. The van der Waals surface area contributed by atoms with Crippen LogP contribution in [-0.4, -0.2) is 41.9 Å². The largest absolute Gasteiger partial charge is 0.321 e. The molecule has 0 atom stereocenters. The Morgan fingerprint density at radius 3 is 2.68 bits per heavy atom. The maximum atomic E-state index is 13.3. The Balaban J connectivity index is 1.65. The lowest BCUT2D eigenvalue weighted by Gasteiger charge is -2.12. The van der Waals surface area contributed by atoms with E-state index in [0.717, 1.165) is 0 Å². The molecule has 0 aliphatic carbocycles. The van der Waals surface area contributed by atoms with E-state index in [9.17, 15) is 9.18 Å². The molecule has 1 amide bonds. The van der Waals surface area contributed by atoms with E-state index in [1.165, 1.54) is 41.1 Å². The third-order valence-electron chi connectivity index (χ3n) is 3.95. The number of rotatable bonds is 5. The predicted molar refractivity (Wildman–Crippen MR) is 102 cm³/mol. The van der Waals surface area contributed by atoms with Gasteiger partial charge in [0.05, 0.1) is 11.9 Å². The maximum Gasteiger partial charge on any atom is 0.274 e. The molecule has 0 saturated carbocycles. The zero-order chi connectivity index (χ0) is 19.5. The minimum Gasteiger partial charge on any atom is -0.321 e. The molecule has 1 N–H and O–H groups in total. The van der Waals surface area contributed by atoms with Crippen molar-refractivity contribution in [1.82, 2.24) is 29.8 Å². The highest BCUT2D eigenvalue weighted by Gasteiger charge is 2.18. The van der Waals surface area contributed by atoms with Crippen LogP contribution in [0.5, 0.6) is 0 Å². The number of hydrogen-bond donors (Lipinski definition) is 1. The van der Waals surface area contributed by atoms with Crippen LogP contribution >= 0.6 is 11.8 Å². The highest BCUT2D eigenvalue weighted by Crippen LogP contribution is 2.23. The summed E-state index contributed by atoms with van der Waals surface area (Å²) in [6, 6.07) is 13.0. The fourth-order valence-corrected chi connectivity index (χ4v) is 3.22. The third kappa shape index (κ3) is 3.49. The number of thioether (sulfide) groups is 1. The summed E-state index contributed by atoms with van der Waals surface area (Å²) in [4.78, 5) is 17.2. The molecule has 140 valence electrons. The lowest BCUT2D eigenvalue weighted by atomic mass is 10.2. The first-order chi connectivity index (χ1) is 13.7. The first kappa shape index (κ1) is 17.9. The molecule has 10 heteroatoms. The van der Waals surface area contributed by atoms with Crippen molar-refractivity contribution < 1.29 is 9.18 Å². The molecule has 0 bridgehead atoms. The number of nitrogens with zero attached hydrogens (tertiary/aromatic N) is 6. The van der Waals surface area contributed by atoms with E-state index in [1.54, 1.807) is 34.9 Å². The summed E-state index contributed by atoms with van der Waals surface area (Å²) in [5.74, 6) is -0.689. The number of imidazole rings is 1. The zero-order valence-electron chi connectivity index (χ0n) is 14.7. The molecule has 0 spiro atoms. The molecule has 2 aromatic carbocycles. The van der Waals surface area contributed by atoms with Crippen LogP contribution in [0.1, 0.15) is 10.5 Å². The summed E-state index contributed by atoms with van der Waals surface area (Å²) in [5, 5.41) is 14.5. The van der Waals surface area contributed by atoms with E-state index in [4.69, 9.17) is 0 Å². The van der Waals surface area contributed by atoms with Crippen molar-refractivity contribution in [2.24, 2.45) is 0 Å². The number of benzene rings is 2. The molecule has 0 aliphatic heterocycles. The van der Waals surface area contributed by atoms with Crippen molar-refractivity contribution in [3.8, 4) is 11.4 Å². The van der Waals surface area contributed by atoms with Gasteiger partial charge in [-0.25, -0.2) is 14.1 Å². The molecule has 4 rings (SSSR count). The fraction of sp³-hybridized carbons (Fsp3) is 0.0556. The Morgan fingerprint density at radius 1 is 1.14 bits per heavy atom. The van der Waals surface area contributed by atoms with Crippen molar-refractivity contribution in [3.05, 3.63) is 72.6 Å². The van der Waals surface area contributed by atoms with E-state index in [2.05, 4.69) is 25.8 Å². The number of tetrazole rings is 1. The van der Waals surface area contributed by atoms with Gasteiger partial charge >= 0.3 is 0 Å². The summed E-state index contributed by atoms with van der Waals surface area (Å²) in [5.41, 5.74) is 2.27. The number of amides is 1. The summed E-state index contributed by atoms with van der Waals surface area (Å²) in [6.45, 7) is 0. The number of carbonyl (C=O) groups excluding carboxylic acids is 1. The molecule has 8 nitrogen and oxygen atoms in total. The van der Waals surface area contributed by atoms with Gasteiger partial charge in [-0.2, -0.15) is 0 Å². The minimum atomic E-state index is -0.347. The molecule has 0 radical (unpaired) electrons. The number of nitrogens with one attached hydrogen (secondary N) is 1. The Labute approximate surface area is 163 Å². The zero-order valence-corrected chi connectivity index (χ0v) is 15.5. The molecule has 2 heterocycles. The first-order valence-electron chi connectivity index (χ1n) is 8.18. The summed E-state index contributed by atoms with van der Waals surface area (Å²) in [6.07, 6.45) is 4.82. The van der Waals surface area contributed by atoms with Crippen LogP contribution in [0.2, 0.25) is 0 Å². The molecule has 2 aromatic heterocycles. The van der Waals surface area contributed by atoms with Gasteiger partial charge in [-0.05, 0) is 59.1 Å². The average molecular weight is 395 g/mol. The summed E-state index contributed by atoms with van der Waals surface area (Å²) in [7, 11) is 0. The number of halogens is 1. The second kappa shape index (κ2) is 7.61. The van der Waals surface area contributed by atoms with Crippen molar-refractivity contribution in [2.75, 3.05) is 11.6 Å². The van der Waals surface area contributed by atoms with Crippen molar-refractivity contribution in [2.45, 2.75) is 5.16 Å². The van der Waals surface area contributed by atoms with Crippen LogP contribution in [0.15, 0.2) is 66.2 Å². The molecule has 0 fully saturated rings. The molecular formula is C18H14FN7OS. The summed E-state index contributed by atoms with van der Waals surface area (Å²) < 4.78 is 16.5. The smallest absolute Gasteiger partial charge is 0.274 e. The van der Waals surface area contributed by atoms with Gasteiger partial charge in [0.1, 0.15) is 17.8 Å². The van der Waals surface area contributed by atoms with Gasteiger partial charge < -0.3 is 5.32 Å². The van der Waals surface area contributed by atoms with Crippen LogP contribution in [0, 0.1) is 5.82 Å². The number of carbonyl (C=O) groups is 1. The Morgan fingerprint density at radius 2 is 1.96 bits per heavy atom. The van der Waals surface area contributed by atoms with E-state index in [0.29, 0.717) is 27.9 Å².